The Labute approximate surface area is 289 Å². The van der Waals surface area contributed by atoms with Gasteiger partial charge in [-0.1, -0.05) is 20.1 Å². The molecule has 0 radical (unpaired) electrons. The summed E-state index contributed by atoms with van der Waals surface area (Å²) in [4.78, 5) is 38.6. The third-order valence-corrected chi connectivity index (χ3v) is 11.7. The number of methoxy groups -OCH3 is 2. The molecule has 1 N–H and O–H groups in total. The lowest BCUT2D eigenvalue weighted by Gasteiger charge is -2.32. The van der Waals surface area contributed by atoms with Crippen LogP contribution in [0.15, 0.2) is 46.7 Å². The van der Waals surface area contributed by atoms with E-state index in [1.165, 1.54) is 36.7 Å². The van der Waals surface area contributed by atoms with Gasteiger partial charge in [-0.2, -0.15) is 4.31 Å². The van der Waals surface area contributed by atoms with Crippen molar-refractivity contribution >= 4 is 47.7 Å². The molecule has 1 fully saturated rings. The molecule has 2 aromatic heterocycles. The summed E-state index contributed by atoms with van der Waals surface area (Å²) in [5.41, 5.74) is 1.96. The van der Waals surface area contributed by atoms with Crippen molar-refractivity contribution in [1.29, 1.82) is 0 Å². The van der Waals surface area contributed by atoms with Crippen molar-refractivity contribution in [2.75, 3.05) is 40.0 Å². The summed E-state index contributed by atoms with van der Waals surface area (Å²) >= 11 is 1.55. The number of nitrogens with zero attached hydrogens (tertiary/aromatic N) is 4. The van der Waals surface area contributed by atoms with Crippen LogP contribution in [0.25, 0.3) is 0 Å². The molecule has 4 rings (SSSR count). The van der Waals surface area contributed by atoms with E-state index in [0.29, 0.717) is 36.1 Å². The highest BCUT2D eigenvalue weighted by atomic mass is 32.2. The second kappa shape index (κ2) is 16.9. The SMILES string of the molecule is C=PCCC(NC(=O)c1cc(C)nc(C(=O)N2CCCC2c2nc(C)cs2)c1)C(CN(CC(C)C)S(=O)(=O)c1ccc(OC)cc1)OC. The lowest BCUT2D eigenvalue weighted by Crippen LogP contribution is -2.51. The van der Waals surface area contributed by atoms with Crippen LogP contribution in [0.5, 0.6) is 5.75 Å². The van der Waals surface area contributed by atoms with E-state index in [1.54, 1.807) is 41.4 Å². The normalized spacial score (nSPS) is 16.4. The fraction of sp³-hybridized carbons (Fsp3) is 0.500. The van der Waals surface area contributed by atoms with Crippen LogP contribution in [-0.4, -0.2) is 97.9 Å². The highest BCUT2D eigenvalue weighted by Gasteiger charge is 2.35. The molecule has 1 aliphatic heterocycles. The van der Waals surface area contributed by atoms with Crippen molar-refractivity contribution in [3.05, 3.63) is 69.4 Å². The van der Waals surface area contributed by atoms with Gasteiger partial charge in [0.25, 0.3) is 11.8 Å². The van der Waals surface area contributed by atoms with Crippen molar-refractivity contribution in [1.82, 2.24) is 24.5 Å². The zero-order chi connectivity index (χ0) is 35.0. The number of hydrogen-bond donors (Lipinski definition) is 1. The summed E-state index contributed by atoms with van der Waals surface area (Å²) in [6.45, 7) is 8.47. The summed E-state index contributed by atoms with van der Waals surface area (Å²) in [5.74, 6) is -0.0459. The number of sulfonamides is 1. The molecule has 3 aromatic rings. The minimum Gasteiger partial charge on any atom is -0.497 e. The Morgan fingerprint density at radius 2 is 1.85 bits per heavy atom. The van der Waals surface area contributed by atoms with Crippen LogP contribution < -0.4 is 10.1 Å². The second-order valence-corrected chi connectivity index (χ2v) is 16.1. The summed E-state index contributed by atoms with van der Waals surface area (Å²) in [6.07, 6.45) is 6.12. The van der Waals surface area contributed by atoms with Crippen molar-refractivity contribution < 1.29 is 27.5 Å². The van der Waals surface area contributed by atoms with Crippen LogP contribution in [0.1, 0.15) is 76.4 Å². The molecule has 1 aliphatic rings. The summed E-state index contributed by atoms with van der Waals surface area (Å²) in [6, 6.07) is 8.80. The first-order chi connectivity index (χ1) is 22.9. The zero-order valence-corrected chi connectivity index (χ0v) is 31.0. The quantitative estimate of drug-likeness (QED) is 0.196. The van der Waals surface area contributed by atoms with Gasteiger partial charge in [0.15, 0.2) is 0 Å². The van der Waals surface area contributed by atoms with E-state index in [1.807, 2.05) is 26.2 Å². The molecule has 48 heavy (non-hydrogen) atoms. The lowest BCUT2D eigenvalue weighted by molar-refractivity contribution is 0.0471. The Kier molecular flexibility index (Phi) is 13.3. The molecule has 0 bridgehead atoms. The van der Waals surface area contributed by atoms with Crippen molar-refractivity contribution in [3.63, 3.8) is 0 Å². The number of rotatable bonds is 16. The Morgan fingerprint density at radius 1 is 1.12 bits per heavy atom. The van der Waals surface area contributed by atoms with Crippen molar-refractivity contribution in [3.8, 4) is 5.75 Å². The van der Waals surface area contributed by atoms with E-state index in [9.17, 15) is 18.0 Å². The van der Waals surface area contributed by atoms with E-state index in [4.69, 9.17) is 9.47 Å². The molecule has 11 nitrogen and oxygen atoms in total. The maximum Gasteiger partial charge on any atom is 0.273 e. The molecule has 260 valence electrons. The largest absolute Gasteiger partial charge is 0.497 e. The van der Waals surface area contributed by atoms with Gasteiger partial charge in [-0.15, -0.1) is 19.5 Å². The Bertz CT molecular complexity index is 1680. The van der Waals surface area contributed by atoms with Crippen LogP contribution in [0.3, 0.4) is 0 Å². The molecule has 0 spiro atoms. The minimum atomic E-state index is -3.90. The van der Waals surface area contributed by atoms with Gasteiger partial charge in [0.05, 0.1) is 30.2 Å². The van der Waals surface area contributed by atoms with Crippen molar-refractivity contribution in [2.45, 2.75) is 70.0 Å². The second-order valence-electron chi connectivity index (χ2n) is 12.3. The van der Waals surface area contributed by atoms with Crippen LogP contribution >= 0.6 is 19.5 Å². The van der Waals surface area contributed by atoms with Gasteiger partial charge in [-0.25, -0.2) is 18.4 Å². The van der Waals surface area contributed by atoms with E-state index in [0.717, 1.165) is 31.7 Å². The average Bonchev–Trinajstić information content (AvgIpc) is 3.73. The van der Waals surface area contributed by atoms with E-state index < -0.39 is 28.1 Å². The first-order valence-electron chi connectivity index (χ1n) is 16.0. The molecule has 14 heteroatoms. The van der Waals surface area contributed by atoms with Gasteiger partial charge >= 0.3 is 0 Å². The zero-order valence-electron chi connectivity index (χ0n) is 28.5. The van der Waals surface area contributed by atoms with Crippen LogP contribution in [-0.2, 0) is 14.8 Å². The smallest absolute Gasteiger partial charge is 0.273 e. The third-order valence-electron chi connectivity index (χ3n) is 8.19. The number of likely N-dealkylation sites (tertiary alicyclic amines) is 1. The number of amides is 2. The first kappa shape index (κ1) is 37.6. The monoisotopic (exact) mass is 715 g/mol. The third kappa shape index (κ3) is 9.26. The van der Waals surface area contributed by atoms with Gasteiger partial charge in [0.1, 0.15) is 16.5 Å². The maximum atomic E-state index is 13.8. The predicted octanol–water partition coefficient (Wildman–Crippen LogP) is 5.37. The number of aromatic nitrogens is 2. The molecule has 1 saturated heterocycles. The Morgan fingerprint density at radius 3 is 2.46 bits per heavy atom. The van der Waals surface area contributed by atoms with E-state index >= 15 is 0 Å². The summed E-state index contributed by atoms with van der Waals surface area (Å²) in [7, 11) is 0.0235. The molecule has 1 aromatic carbocycles. The van der Waals surface area contributed by atoms with Gasteiger partial charge in [0.2, 0.25) is 10.0 Å². The number of carbonyl (C=O) groups excluding carboxylic acids is 2. The molecule has 0 saturated carbocycles. The number of nitrogens with one attached hydrogen (secondary N) is 1. The highest BCUT2D eigenvalue weighted by Crippen LogP contribution is 2.34. The van der Waals surface area contributed by atoms with Crippen LogP contribution in [0, 0.1) is 19.8 Å². The number of aryl methyl sites for hydroxylation is 2. The molecular weight excluding hydrogens is 670 g/mol. The molecular formula is C34H46N5O6PS2. The van der Waals surface area contributed by atoms with Gasteiger partial charge in [-0.05, 0) is 81.6 Å². The number of carbonyl (C=O) groups is 2. The fourth-order valence-electron chi connectivity index (χ4n) is 5.82. The number of benzene rings is 1. The van der Waals surface area contributed by atoms with Crippen LogP contribution in [0.2, 0.25) is 0 Å². The molecule has 3 atom stereocenters. The lowest BCUT2D eigenvalue weighted by atomic mass is 10.1. The summed E-state index contributed by atoms with van der Waals surface area (Å²) in [5, 5.41) is 5.98. The minimum absolute atomic E-state index is 0.0215. The van der Waals surface area contributed by atoms with E-state index in [2.05, 4.69) is 21.6 Å². The average molecular weight is 716 g/mol. The molecule has 0 aliphatic carbocycles. The highest BCUT2D eigenvalue weighted by molar-refractivity contribution is 7.89. The molecule has 3 unspecified atom stereocenters. The van der Waals surface area contributed by atoms with Gasteiger partial charge < -0.3 is 19.7 Å². The standard InChI is InChI=1S/C34H46N5O6PS2/c1-22(2)19-38(48(42,43)27-12-10-26(44-5)11-13-27)20-31(45-6)28(14-16-46-7)37-32(40)25-17-23(3)35-29(18-25)34(41)39-15-8-9-30(39)33-36-24(4)21-47-33/h10-13,17-18,21-22,28,30-31H,7-9,14-16,19-20H2,1-6H3,(H,37,40). The number of hydrogen-bond acceptors (Lipinski definition) is 9. The van der Waals surface area contributed by atoms with Gasteiger partial charge in [-0.3, -0.25) is 9.59 Å². The number of pyridine rings is 1. The molecule has 3 heterocycles. The van der Waals surface area contributed by atoms with Crippen molar-refractivity contribution in [2.24, 2.45) is 5.92 Å². The van der Waals surface area contributed by atoms with Gasteiger partial charge in [0, 0.05) is 49.1 Å². The Balaban J connectivity index is 1.57. The van der Waals surface area contributed by atoms with Crippen LogP contribution in [0.4, 0.5) is 0 Å². The van der Waals surface area contributed by atoms with E-state index in [-0.39, 0.29) is 41.5 Å². The topological polar surface area (TPSA) is 131 Å². The Hall–Kier alpha value is -3.22. The maximum absolute atomic E-state index is 13.8. The summed E-state index contributed by atoms with van der Waals surface area (Å²) < 4.78 is 40.2. The molecule has 2 amide bonds. The fourth-order valence-corrected chi connectivity index (χ4v) is 8.84. The predicted molar refractivity (Wildman–Crippen MR) is 191 cm³/mol. The first-order valence-corrected chi connectivity index (χ1v) is 19.6. The number of ether oxygens (including phenoxy) is 2. The number of thiazole rings is 1.